The minimum Gasteiger partial charge on any atom is -0.450 e. The molecule has 21 heavy (non-hydrogen) atoms. The van der Waals surface area contributed by atoms with Crippen molar-refractivity contribution >= 4 is 18.9 Å². The Labute approximate surface area is 121 Å². The molecule has 0 unspecified atom stereocenters. The highest BCUT2D eigenvalue weighted by Crippen LogP contribution is 2.06. The summed E-state index contributed by atoms with van der Waals surface area (Å²) in [7, 11) is 1.81. The number of hydroxylamine groups is 1. The summed E-state index contributed by atoms with van der Waals surface area (Å²) in [5.41, 5.74) is 7.95. The molecular formula is C12H17BF2N3O3. The SMILES string of the molecule is CONC(=O)[C@@H](N)CCNCc1cc(F)c(F)c([B]O)c1. The first-order chi connectivity index (χ1) is 9.99. The van der Waals surface area contributed by atoms with E-state index < -0.39 is 23.6 Å². The van der Waals surface area contributed by atoms with Crippen LogP contribution in [0.5, 0.6) is 0 Å². The molecule has 1 aromatic rings. The molecule has 1 atom stereocenters. The third-order valence-corrected chi connectivity index (χ3v) is 2.76. The molecule has 9 heteroatoms. The van der Waals surface area contributed by atoms with Gasteiger partial charge in [-0.25, -0.2) is 14.3 Å². The summed E-state index contributed by atoms with van der Waals surface area (Å²) in [5.74, 6) is -2.57. The Hall–Kier alpha value is -1.55. The molecular weight excluding hydrogens is 283 g/mol. The van der Waals surface area contributed by atoms with Crippen molar-refractivity contribution in [3.8, 4) is 0 Å². The Balaban J connectivity index is 2.43. The van der Waals surface area contributed by atoms with Crippen LogP contribution in [0.15, 0.2) is 12.1 Å². The minimum absolute atomic E-state index is 0.219. The van der Waals surface area contributed by atoms with Gasteiger partial charge < -0.3 is 16.1 Å². The molecule has 5 N–H and O–H groups in total. The van der Waals surface area contributed by atoms with Crippen molar-refractivity contribution in [1.82, 2.24) is 10.8 Å². The van der Waals surface area contributed by atoms with E-state index in [1.54, 1.807) is 0 Å². The van der Waals surface area contributed by atoms with Crippen molar-refractivity contribution in [3.05, 3.63) is 29.3 Å². The molecule has 0 aliphatic carbocycles. The maximum atomic E-state index is 13.2. The van der Waals surface area contributed by atoms with Crippen LogP contribution in [0.4, 0.5) is 8.78 Å². The summed E-state index contributed by atoms with van der Waals surface area (Å²) in [6.07, 6.45) is 0.345. The second-order valence-electron chi connectivity index (χ2n) is 4.35. The van der Waals surface area contributed by atoms with Gasteiger partial charge in [0.05, 0.1) is 13.2 Å². The highest BCUT2D eigenvalue weighted by Gasteiger charge is 2.13. The summed E-state index contributed by atoms with van der Waals surface area (Å²) >= 11 is 0. The first kappa shape index (κ1) is 17.5. The van der Waals surface area contributed by atoms with Crippen LogP contribution in [0, 0.1) is 11.6 Å². The first-order valence-electron chi connectivity index (χ1n) is 6.24. The van der Waals surface area contributed by atoms with Crippen molar-refractivity contribution < 1.29 is 23.4 Å². The van der Waals surface area contributed by atoms with E-state index in [2.05, 4.69) is 15.6 Å². The highest BCUT2D eigenvalue weighted by molar-refractivity contribution is 6.45. The lowest BCUT2D eigenvalue weighted by Gasteiger charge is -2.12. The molecule has 0 spiro atoms. The van der Waals surface area contributed by atoms with Gasteiger partial charge in [-0.3, -0.25) is 9.63 Å². The molecule has 0 heterocycles. The predicted octanol–water partition coefficient (Wildman–Crippen LogP) is -1.31. The molecule has 1 amide bonds. The second-order valence-corrected chi connectivity index (χ2v) is 4.35. The van der Waals surface area contributed by atoms with Gasteiger partial charge in [0.2, 0.25) is 0 Å². The molecule has 0 aliphatic rings. The van der Waals surface area contributed by atoms with E-state index in [0.717, 1.165) is 6.07 Å². The maximum absolute atomic E-state index is 13.2. The van der Waals surface area contributed by atoms with Crippen LogP contribution >= 0.6 is 0 Å². The smallest absolute Gasteiger partial charge is 0.329 e. The Kier molecular flexibility index (Phi) is 7.23. The van der Waals surface area contributed by atoms with Crippen LogP contribution < -0.4 is 22.0 Å². The van der Waals surface area contributed by atoms with Crippen LogP contribution in [0.2, 0.25) is 0 Å². The Morgan fingerprint density at radius 2 is 2.24 bits per heavy atom. The van der Waals surface area contributed by atoms with Crippen LogP contribution in [-0.2, 0) is 16.2 Å². The summed E-state index contributed by atoms with van der Waals surface area (Å²) in [6.45, 7) is 0.645. The van der Waals surface area contributed by atoms with Gasteiger partial charge in [-0.1, -0.05) is 6.07 Å². The predicted molar refractivity (Wildman–Crippen MR) is 73.4 cm³/mol. The fourth-order valence-electron chi connectivity index (χ4n) is 1.66. The molecule has 1 rings (SSSR count). The molecule has 0 aromatic heterocycles. The number of hydrogen-bond acceptors (Lipinski definition) is 5. The summed E-state index contributed by atoms with van der Waals surface area (Å²) in [5, 5.41) is 11.7. The zero-order valence-corrected chi connectivity index (χ0v) is 11.5. The lowest BCUT2D eigenvalue weighted by molar-refractivity contribution is -0.132. The highest BCUT2D eigenvalue weighted by atomic mass is 19.2. The van der Waals surface area contributed by atoms with Crippen LogP contribution in [-0.4, -0.2) is 38.1 Å². The van der Waals surface area contributed by atoms with Gasteiger partial charge in [0.25, 0.3) is 5.91 Å². The number of amides is 1. The molecule has 0 saturated carbocycles. The van der Waals surface area contributed by atoms with E-state index in [1.807, 2.05) is 0 Å². The normalized spacial score (nSPS) is 12.0. The van der Waals surface area contributed by atoms with E-state index in [4.69, 9.17) is 10.8 Å². The fraction of sp³-hybridized carbons (Fsp3) is 0.417. The third kappa shape index (κ3) is 5.39. The minimum atomic E-state index is -1.10. The number of hydrogen-bond donors (Lipinski definition) is 4. The van der Waals surface area contributed by atoms with Gasteiger partial charge in [0.15, 0.2) is 11.6 Å². The number of carbonyl (C=O) groups is 1. The van der Waals surface area contributed by atoms with Crippen molar-refractivity contribution in [2.24, 2.45) is 5.73 Å². The average Bonchev–Trinajstić information content (AvgIpc) is 2.46. The number of halogens is 2. The second kappa shape index (κ2) is 8.68. The first-order valence-corrected chi connectivity index (χ1v) is 6.24. The van der Waals surface area contributed by atoms with E-state index in [1.165, 1.54) is 13.2 Å². The maximum Gasteiger partial charge on any atom is 0.329 e. The zero-order valence-electron chi connectivity index (χ0n) is 11.5. The van der Waals surface area contributed by atoms with Gasteiger partial charge in [-0.15, -0.1) is 0 Å². The van der Waals surface area contributed by atoms with Crippen molar-refractivity contribution in [3.63, 3.8) is 0 Å². The topological polar surface area (TPSA) is 96.6 Å². The zero-order chi connectivity index (χ0) is 15.8. The quantitative estimate of drug-likeness (QED) is 0.271. The lowest BCUT2D eigenvalue weighted by atomic mass is 9.86. The van der Waals surface area contributed by atoms with E-state index in [0.29, 0.717) is 26.0 Å². The van der Waals surface area contributed by atoms with Gasteiger partial charge in [-0.05, 0) is 30.1 Å². The van der Waals surface area contributed by atoms with Gasteiger partial charge in [-0.2, -0.15) is 0 Å². The van der Waals surface area contributed by atoms with Crippen LogP contribution in [0.1, 0.15) is 12.0 Å². The number of rotatable bonds is 8. The number of carbonyl (C=O) groups excluding carboxylic acids is 1. The monoisotopic (exact) mass is 300 g/mol. The van der Waals surface area contributed by atoms with Gasteiger partial charge in [0, 0.05) is 6.54 Å². The standard InChI is InChI=1S/C12H17BF2N3O3/c1-21-18-12(19)10(16)2-3-17-6-7-4-8(13-20)11(15)9(14)5-7/h4-5,10,17,20H,2-3,6,16H2,1H3,(H,18,19)/t10-/m0/s1. The van der Waals surface area contributed by atoms with Gasteiger partial charge >= 0.3 is 7.48 Å². The third-order valence-electron chi connectivity index (χ3n) is 2.76. The van der Waals surface area contributed by atoms with Gasteiger partial charge in [0.1, 0.15) is 0 Å². The average molecular weight is 300 g/mol. The molecule has 6 nitrogen and oxygen atoms in total. The molecule has 1 aromatic carbocycles. The van der Waals surface area contributed by atoms with E-state index in [9.17, 15) is 13.6 Å². The van der Waals surface area contributed by atoms with Crippen LogP contribution in [0.3, 0.4) is 0 Å². The lowest BCUT2D eigenvalue weighted by Crippen LogP contribution is -2.41. The van der Waals surface area contributed by atoms with Crippen molar-refractivity contribution in [2.75, 3.05) is 13.7 Å². The number of benzene rings is 1. The molecule has 0 aliphatic heterocycles. The van der Waals surface area contributed by atoms with Crippen molar-refractivity contribution in [2.45, 2.75) is 19.0 Å². The Morgan fingerprint density at radius 1 is 1.52 bits per heavy atom. The summed E-state index contributed by atoms with van der Waals surface area (Å²) < 4.78 is 26.4. The largest absolute Gasteiger partial charge is 0.450 e. The molecule has 1 radical (unpaired) electrons. The van der Waals surface area contributed by atoms with E-state index >= 15 is 0 Å². The van der Waals surface area contributed by atoms with E-state index in [-0.39, 0.29) is 12.0 Å². The summed E-state index contributed by atoms with van der Waals surface area (Å²) in [4.78, 5) is 15.7. The molecule has 0 bridgehead atoms. The number of nitrogens with two attached hydrogens (primary N) is 1. The van der Waals surface area contributed by atoms with Crippen molar-refractivity contribution in [1.29, 1.82) is 0 Å². The summed E-state index contributed by atoms with van der Waals surface area (Å²) in [6, 6.07) is 1.62. The fourth-order valence-corrected chi connectivity index (χ4v) is 1.66. The molecule has 0 fully saturated rings. The van der Waals surface area contributed by atoms with Crippen LogP contribution in [0.25, 0.3) is 0 Å². The Morgan fingerprint density at radius 3 is 2.86 bits per heavy atom. The number of nitrogens with one attached hydrogen (secondary N) is 2. The Bertz CT molecular complexity index is 491. The molecule has 0 saturated heterocycles. The molecule has 115 valence electrons.